The van der Waals surface area contributed by atoms with Gasteiger partial charge in [0.1, 0.15) is 11.6 Å². The number of amides is 2. The van der Waals surface area contributed by atoms with E-state index in [4.69, 9.17) is 5.11 Å². The van der Waals surface area contributed by atoms with E-state index in [1.165, 1.54) is 16.2 Å². The Labute approximate surface area is 115 Å². The minimum atomic E-state index is -1.05. The molecule has 0 saturated carbocycles. The Morgan fingerprint density at radius 1 is 1.42 bits per heavy atom. The van der Waals surface area contributed by atoms with Crippen molar-refractivity contribution in [1.29, 1.82) is 0 Å². The topological polar surface area (TPSA) is 95.4 Å². The molecule has 0 fully saturated rings. The molecule has 1 aromatic heterocycles. The van der Waals surface area contributed by atoms with Crippen LogP contribution in [0.15, 0.2) is 0 Å². The molecule has 0 radical (unpaired) electrons. The molecular formula is C11H18N4O3S. The van der Waals surface area contributed by atoms with Gasteiger partial charge in [-0.3, -0.25) is 10.1 Å². The zero-order valence-electron chi connectivity index (χ0n) is 11.2. The molecule has 106 valence electrons. The molecule has 0 aliphatic carbocycles. The van der Waals surface area contributed by atoms with Crippen LogP contribution < -0.4 is 5.32 Å². The number of rotatable bonds is 6. The summed E-state index contributed by atoms with van der Waals surface area (Å²) < 4.78 is 0. The van der Waals surface area contributed by atoms with Crippen LogP contribution in [-0.4, -0.2) is 45.3 Å². The van der Waals surface area contributed by atoms with Crippen molar-refractivity contribution in [2.24, 2.45) is 5.92 Å². The highest BCUT2D eigenvalue weighted by Crippen LogP contribution is 2.18. The molecule has 0 atom stereocenters. The second kappa shape index (κ2) is 7.03. The third-order valence-electron chi connectivity index (χ3n) is 2.26. The number of carbonyl (C=O) groups excluding carboxylic acids is 1. The van der Waals surface area contributed by atoms with Gasteiger partial charge in [-0.2, -0.15) is 0 Å². The fourth-order valence-corrected chi connectivity index (χ4v) is 2.34. The number of carbonyl (C=O) groups is 2. The molecule has 8 heteroatoms. The number of likely N-dealkylation sites (N-methyl/N-ethyl adjacent to an activating group) is 1. The summed E-state index contributed by atoms with van der Waals surface area (Å²) >= 11 is 1.31. The molecule has 0 unspecified atom stereocenters. The Morgan fingerprint density at radius 3 is 2.63 bits per heavy atom. The van der Waals surface area contributed by atoms with Gasteiger partial charge in [0.25, 0.3) is 0 Å². The van der Waals surface area contributed by atoms with Crippen LogP contribution in [-0.2, 0) is 11.2 Å². The van der Waals surface area contributed by atoms with E-state index in [2.05, 4.69) is 29.4 Å². The monoisotopic (exact) mass is 286 g/mol. The molecule has 0 saturated heterocycles. The number of nitrogens with zero attached hydrogens (tertiary/aromatic N) is 3. The highest BCUT2D eigenvalue weighted by atomic mass is 32.1. The molecule has 19 heavy (non-hydrogen) atoms. The number of aliphatic carboxylic acids is 1. The smallest absolute Gasteiger partial charge is 0.324 e. The number of carboxylic acids is 1. The molecule has 1 rings (SSSR count). The van der Waals surface area contributed by atoms with E-state index in [1.54, 1.807) is 6.92 Å². The lowest BCUT2D eigenvalue weighted by Crippen LogP contribution is -2.38. The van der Waals surface area contributed by atoms with Crippen LogP contribution in [0.1, 0.15) is 25.8 Å². The summed E-state index contributed by atoms with van der Waals surface area (Å²) in [6.45, 7) is 5.85. The predicted molar refractivity (Wildman–Crippen MR) is 72.4 cm³/mol. The van der Waals surface area contributed by atoms with Gasteiger partial charge in [-0.15, -0.1) is 10.2 Å². The minimum Gasteiger partial charge on any atom is -0.480 e. The first-order chi connectivity index (χ1) is 8.92. The standard InChI is InChI=1S/C11H18N4O3S/c1-4-15(6-9(16)17)11(18)12-10-14-13-8(19-10)5-7(2)3/h7H,4-6H2,1-3H3,(H,16,17)(H,12,14,18). The SMILES string of the molecule is CCN(CC(=O)O)C(=O)Nc1nnc(CC(C)C)s1. The number of hydrogen-bond donors (Lipinski definition) is 2. The van der Waals surface area contributed by atoms with Crippen molar-refractivity contribution >= 4 is 28.5 Å². The summed E-state index contributed by atoms with van der Waals surface area (Å²) in [6, 6.07) is -0.475. The van der Waals surface area contributed by atoms with Crippen molar-refractivity contribution in [1.82, 2.24) is 15.1 Å². The number of anilines is 1. The molecule has 0 bridgehead atoms. The lowest BCUT2D eigenvalue weighted by molar-refractivity contribution is -0.137. The van der Waals surface area contributed by atoms with Crippen molar-refractivity contribution in [3.05, 3.63) is 5.01 Å². The summed E-state index contributed by atoms with van der Waals surface area (Å²) in [5, 5.41) is 20.3. The number of urea groups is 1. The first-order valence-electron chi connectivity index (χ1n) is 6.02. The van der Waals surface area contributed by atoms with E-state index in [9.17, 15) is 9.59 Å². The Kier molecular flexibility index (Phi) is 5.68. The number of nitrogens with one attached hydrogen (secondary N) is 1. The summed E-state index contributed by atoms with van der Waals surface area (Å²) in [5.74, 6) is -0.578. The minimum absolute atomic E-state index is 0.315. The van der Waals surface area contributed by atoms with Gasteiger partial charge in [-0.05, 0) is 12.8 Å². The molecule has 0 aromatic carbocycles. The highest BCUT2D eigenvalue weighted by molar-refractivity contribution is 7.15. The van der Waals surface area contributed by atoms with E-state index in [0.717, 1.165) is 11.4 Å². The maximum atomic E-state index is 11.8. The van der Waals surface area contributed by atoms with Gasteiger partial charge in [-0.25, -0.2) is 4.79 Å². The van der Waals surface area contributed by atoms with Crippen molar-refractivity contribution < 1.29 is 14.7 Å². The van der Waals surface area contributed by atoms with Crippen molar-refractivity contribution in [3.8, 4) is 0 Å². The Morgan fingerprint density at radius 2 is 2.11 bits per heavy atom. The van der Waals surface area contributed by atoms with Crippen LogP contribution in [0.4, 0.5) is 9.93 Å². The average molecular weight is 286 g/mol. The lowest BCUT2D eigenvalue weighted by Gasteiger charge is -2.17. The molecule has 2 amide bonds. The van der Waals surface area contributed by atoms with Crippen molar-refractivity contribution in [2.45, 2.75) is 27.2 Å². The fraction of sp³-hybridized carbons (Fsp3) is 0.636. The number of carboxylic acid groups (broad SMARTS) is 1. The molecular weight excluding hydrogens is 268 g/mol. The Bertz CT molecular complexity index is 447. The van der Waals surface area contributed by atoms with Gasteiger partial charge in [0.2, 0.25) is 5.13 Å². The molecule has 1 heterocycles. The van der Waals surface area contributed by atoms with E-state index in [1.807, 2.05) is 0 Å². The second-order valence-corrected chi connectivity index (χ2v) is 5.50. The fourth-order valence-electron chi connectivity index (χ4n) is 1.40. The Balaban J connectivity index is 2.60. The predicted octanol–water partition coefficient (Wildman–Crippen LogP) is 1.67. The molecule has 2 N–H and O–H groups in total. The normalized spacial score (nSPS) is 10.5. The Hall–Kier alpha value is -1.70. The van der Waals surface area contributed by atoms with Gasteiger partial charge in [0.15, 0.2) is 0 Å². The summed E-state index contributed by atoms with van der Waals surface area (Å²) in [5.41, 5.74) is 0. The average Bonchev–Trinajstić information content (AvgIpc) is 2.71. The second-order valence-electron chi connectivity index (χ2n) is 4.44. The van der Waals surface area contributed by atoms with Gasteiger partial charge in [0, 0.05) is 13.0 Å². The number of hydrogen-bond acceptors (Lipinski definition) is 5. The highest BCUT2D eigenvalue weighted by Gasteiger charge is 2.16. The molecule has 0 aliphatic heterocycles. The molecule has 0 aliphatic rings. The summed E-state index contributed by atoms with van der Waals surface area (Å²) in [6.07, 6.45) is 0.806. The third-order valence-corrected chi connectivity index (χ3v) is 3.12. The zero-order valence-corrected chi connectivity index (χ0v) is 12.0. The maximum absolute atomic E-state index is 11.8. The van der Waals surface area contributed by atoms with Crippen LogP contribution in [0.3, 0.4) is 0 Å². The van der Waals surface area contributed by atoms with E-state index >= 15 is 0 Å². The molecule has 7 nitrogen and oxygen atoms in total. The van der Waals surface area contributed by atoms with Gasteiger partial charge >= 0.3 is 12.0 Å². The quantitative estimate of drug-likeness (QED) is 0.829. The summed E-state index contributed by atoms with van der Waals surface area (Å²) in [7, 11) is 0. The third kappa shape index (κ3) is 5.21. The summed E-state index contributed by atoms with van der Waals surface area (Å²) in [4.78, 5) is 23.6. The van der Waals surface area contributed by atoms with Crippen LogP contribution in [0, 0.1) is 5.92 Å². The van der Waals surface area contributed by atoms with Gasteiger partial charge < -0.3 is 10.0 Å². The van der Waals surface area contributed by atoms with Gasteiger partial charge in [-0.1, -0.05) is 25.2 Å². The van der Waals surface area contributed by atoms with Gasteiger partial charge in [0.05, 0.1) is 0 Å². The van der Waals surface area contributed by atoms with Crippen LogP contribution in [0.25, 0.3) is 0 Å². The molecule has 1 aromatic rings. The molecule has 0 spiro atoms. The number of aromatic nitrogens is 2. The van der Waals surface area contributed by atoms with Crippen molar-refractivity contribution in [2.75, 3.05) is 18.4 Å². The first-order valence-corrected chi connectivity index (χ1v) is 6.84. The van der Waals surface area contributed by atoms with Crippen LogP contribution in [0.2, 0.25) is 0 Å². The zero-order chi connectivity index (χ0) is 14.4. The van der Waals surface area contributed by atoms with E-state index in [0.29, 0.717) is 17.6 Å². The lowest BCUT2D eigenvalue weighted by atomic mass is 10.1. The van der Waals surface area contributed by atoms with E-state index < -0.39 is 12.0 Å². The van der Waals surface area contributed by atoms with Crippen LogP contribution in [0.5, 0.6) is 0 Å². The van der Waals surface area contributed by atoms with Crippen LogP contribution >= 0.6 is 11.3 Å². The van der Waals surface area contributed by atoms with E-state index in [-0.39, 0.29) is 6.54 Å². The maximum Gasteiger partial charge on any atom is 0.324 e. The largest absolute Gasteiger partial charge is 0.480 e. The van der Waals surface area contributed by atoms with Crippen molar-refractivity contribution in [3.63, 3.8) is 0 Å². The first kappa shape index (κ1) is 15.4.